The molecule has 0 radical (unpaired) electrons. The number of anilines is 1. The van der Waals surface area contributed by atoms with Gasteiger partial charge in [0, 0.05) is 51.5 Å². The van der Waals surface area contributed by atoms with Gasteiger partial charge < -0.3 is 25.2 Å². The molecule has 0 spiro atoms. The lowest BCUT2D eigenvalue weighted by atomic mass is 9.96. The summed E-state index contributed by atoms with van der Waals surface area (Å²) in [6, 6.07) is 4.55. The molecule has 1 aromatic rings. The first-order chi connectivity index (χ1) is 12.7. The maximum Gasteiger partial charge on any atom is 0.191 e. The third-order valence-corrected chi connectivity index (χ3v) is 5.77. The Hall–Kier alpha value is -1.86. The number of hydrogen-bond donors (Lipinski definition) is 2. The van der Waals surface area contributed by atoms with Gasteiger partial charge in [-0.05, 0) is 32.4 Å². The fourth-order valence-corrected chi connectivity index (χ4v) is 4.21. The number of nitrogens with one attached hydrogen (secondary N) is 2. The maximum absolute atomic E-state index is 5.93. The molecule has 3 atom stereocenters. The highest BCUT2D eigenvalue weighted by molar-refractivity contribution is 5.80. The molecule has 0 amide bonds. The maximum atomic E-state index is 5.93. The molecule has 4 rings (SSSR count). The van der Waals surface area contributed by atoms with Crippen molar-refractivity contribution in [2.24, 2.45) is 4.99 Å². The molecule has 7 heteroatoms. The summed E-state index contributed by atoms with van der Waals surface area (Å²) in [4.78, 5) is 13.8. The summed E-state index contributed by atoms with van der Waals surface area (Å²) in [6.07, 6.45) is 6.13. The predicted molar refractivity (Wildman–Crippen MR) is 104 cm³/mol. The van der Waals surface area contributed by atoms with Crippen LogP contribution in [0.3, 0.4) is 0 Å². The first-order valence-corrected chi connectivity index (χ1v) is 9.73. The lowest BCUT2D eigenvalue weighted by molar-refractivity contribution is 0.0992. The number of pyridine rings is 1. The first kappa shape index (κ1) is 17.5. The van der Waals surface area contributed by atoms with Gasteiger partial charge in [-0.15, -0.1) is 0 Å². The minimum atomic E-state index is 0.345. The molecule has 2 bridgehead atoms. The summed E-state index contributed by atoms with van der Waals surface area (Å²) < 4.78 is 5.93. The summed E-state index contributed by atoms with van der Waals surface area (Å²) in [5.74, 6) is 1.94. The molecule has 0 saturated carbocycles. The van der Waals surface area contributed by atoms with Crippen LogP contribution in [0.4, 0.5) is 5.82 Å². The minimum absolute atomic E-state index is 0.345. The second-order valence-electron chi connectivity index (χ2n) is 7.56. The lowest BCUT2D eigenvalue weighted by Gasteiger charge is -2.34. The highest BCUT2D eigenvalue weighted by atomic mass is 16.5. The van der Waals surface area contributed by atoms with Crippen molar-refractivity contribution in [2.75, 3.05) is 45.2 Å². The van der Waals surface area contributed by atoms with E-state index in [0.717, 1.165) is 57.3 Å². The molecule has 1 aromatic heterocycles. The highest BCUT2D eigenvalue weighted by Gasteiger charge is 2.41. The molecule has 3 aliphatic rings. The molecule has 3 unspecified atom stereocenters. The van der Waals surface area contributed by atoms with Gasteiger partial charge in [0.1, 0.15) is 5.82 Å². The van der Waals surface area contributed by atoms with Gasteiger partial charge in [-0.2, -0.15) is 0 Å². The van der Waals surface area contributed by atoms with E-state index in [0.29, 0.717) is 18.2 Å². The Labute approximate surface area is 155 Å². The molecule has 142 valence electrons. The minimum Gasteiger partial charge on any atom is -0.373 e. The number of fused-ring (bicyclic) bond motifs is 2. The Morgan fingerprint density at radius 3 is 2.85 bits per heavy atom. The Kier molecular flexibility index (Phi) is 5.26. The fourth-order valence-electron chi connectivity index (χ4n) is 4.21. The van der Waals surface area contributed by atoms with E-state index >= 15 is 0 Å². The Morgan fingerprint density at radius 2 is 2.15 bits per heavy atom. The number of likely N-dealkylation sites (N-methyl/N-ethyl adjacent to an activating group) is 1. The van der Waals surface area contributed by atoms with Crippen LogP contribution in [-0.4, -0.2) is 74.4 Å². The van der Waals surface area contributed by atoms with Crippen LogP contribution in [0.5, 0.6) is 0 Å². The van der Waals surface area contributed by atoms with Crippen LogP contribution < -0.4 is 15.5 Å². The topological polar surface area (TPSA) is 65.0 Å². The molecule has 4 heterocycles. The van der Waals surface area contributed by atoms with Gasteiger partial charge >= 0.3 is 0 Å². The third-order valence-electron chi connectivity index (χ3n) is 5.77. The average Bonchev–Trinajstić information content (AvgIpc) is 3.29. The van der Waals surface area contributed by atoms with Crippen LogP contribution in [0.15, 0.2) is 23.3 Å². The van der Waals surface area contributed by atoms with E-state index in [2.05, 4.69) is 43.5 Å². The monoisotopic (exact) mass is 358 g/mol. The molecule has 3 saturated heterocycles. The summed E-state index contributed by atoms with van der Waals surface area (Å²) >= 11 is 0. The number of hydrogen-bond acceptors (Lipinski definition) is 5. The van der Waals surface area contributed by atoms with Gasteiger partial charge in [-0.25, -0.2) is 4.98 Å². The van der Waals surface area contributed by atoms with Gasteiger partial charge in [0.15, 0.2) is 5.96 Å². The lowest BCUT2D eigenvalue weighted by Crippen LogP contribution is -2.47. The number of nitrogens with zero attached hydrogens (tertiary/aromatic N) is 4. The van der Waals surface area contributed by atoms with Crippen LogP contribution in [0, 0.1) is 0 Å². The van der Waals surface area contributed by atoms with Crippen molar-refractivity contribution in [3.8, 4) is 0 Å². The van der Waals surface area contributed by atoms with E-state index in [1.54, 1.807) is 0 Å². The zero-order valence-corrected chi connectivity index (χ0v) is 15.8. The second-order valence-corrected chi connectivity index (χ2v) is 7.56. The van der Waals surface area contributed by atoms with Crippen LogP contribution in [0.1, 0.15) is 24.8 Å². The first-order valence-electron chi connectivity index (χ1n) is 9.73. The van der Waals surface area contributed by atoms with Crippen LogP contribution in [0.2, 0.25) is 0 Å². The van der Waals surface area contributed by atoms with Crippen molar-refractivity contribution in [3.63, 3.8) is 0 Å². The van der Waals surface area contributed by atoms with Crippen molar-refractivity contribution >= 4 is 11.8 Å². The van der Waals surface area contributed by atoms with E-state index in [1.807, 2.05) is 19.3 Å². The van der Waals surface area contributed by atoms with Crippen molar-refractivity contribution in [2.45, 2.75) is 44.1 Å². The summed E-state index contributed by atoms with van der Waals surface area (Å²) in [5.41, 5.74) is 1.21. The molecule has 3 aliphatic heterocycles. The SMILES string of the molecule is CN=C(NCc1cccnc1N1CCN(C)CC1)NC1CC2CCC1O2. The van der Waals surface area contributed by atoms with Crippen molar-refractivity contribution < 1.29 is 4.74 Å². The van der Waals surface area contributed by atoms with Crippen LogP contribution in [-0.2, 0) is 11.3 Å². The molecule has 0 aromatic carbocycles. The average molecular weight is 358 g/mol. The van der Waals surface area contributed by atoms with Crippen molar-refractivity contribution in [1.82, 2.24) is 20.5 Å². The van der Waals surface area contributed by atoms with Gasteiger partial charge in [-0.1, -0.05) is 6.07 Å². The highest BCUT2D eigenvalue weighted by Crippen LogP contribution is 2.34. The van der Waals surface area contributed by atoms with Gasteiger partial charge in [-0.3, -0.25) is 4.99 Å². The predicted octanol–water partition coefficient (Wildman–Crippen LogP) is 0.818. The third kappa shape index (κ3) is 3.78. The standard InChI is InChI=1S/C19H30N6O/c1-20-19(23-16-12-15-5-6-17(16)26-15)22-13-14-4-3-7-21-18(14)25-10-8-24(2)9-11-25/h3-4,7,15-17H,5-6,8-13H2,1-2H3,(H2,20,22,23). The molecular formula is C19H30N6O. The number of aliphatic imine (C=N–C) groups is 1. The van der Waals surface area contributed by atoms with E-state index in [9.17, 15) is 0 Å². The largest absolute Gasteiger partial charge is 0.373 e. The van der Waals surface area contributed by atoms with E-state index in [-0.39, 0.29) is 0 Å². The van der Waals surface area contributed by atoms with Crippen LogP contribution >= 0.6 is 0 Å². The van der Waals surface area contributed by atoms with E-state index in [1.165, 1.54) is 12.0 Å². The number of ether oxygens (including phenoxy) is 1. The Bertz CT molecular complexity index is 643. The Balaban J connectivity index is 1.36. The molecule has 3 fully saturated rings. The van der Waals surface area contributed by atoms with Crippen LogP contribution in [0.25, 0.3) is 0 Å². The number of piperazine rings is 1. The number of guanidine groups is 1. The molecule has 7 nitrogen and oxygen atoms in total. The van der Waals surface area contributed by atoms with Gasteiger partial charge in [0.05, 0.1) is 18.2 Å². The zero-order chi connectivity index (χ0) is 17.9. The molecule has 0 aliphatic carbocycles. The van der Waals surface area contributed by atoms with E-state index < -0.39 is 0 Å². The molecule has 26 heavy (non-hydrogen) atoms. The van der Waals surface area contributed by atoms with Gasteiger partial charge in [0.25, 0.3) is 0 Å². The summed E-state index contributed by atoms with van der Waals surface area (Å²) in [7, 11) is 4.00. The summed E-state index contributed by atoms with van der Waals surface area (Å²) in [6.45, 7) is 4.93. The molecule has 2 N–H and O–H groups in total. The molecular weight excluding hydrogens is 328 g/mol. The summed E-state index contributed by atoms with van der Waals surface area (Å²) in [5, 5.41) is 7.01. The fraction of sp³-hybridized carbons (Fsp3) is 0.684. The van der Waals surface area contributed by atoms with Gasteiger partial charge in [0.2, 0.25) is 0 Å². The van der Waals surface area contributed by atoms with E-state index in [4.69, 9.17) is 4.74 Å². The number of aromatic nitrogens is 1. The normalized spacial score (nSPS) is 29.2. The smallest absolute Gasteiger partial charge is 0.191 e. The zero-order valence-electron chi connectivity index (χ0n) is 15.8. The Morgan fingerprint density at radius 1 is 1.31 bits per heavy atom. The van der Waals surface area contributed by atoms with Crippen molar-refractivity contribution in [1.29, 1.82) is 0 Å². The quantitative estimate of drug-likeness (QED) is 0.614. The van der Waals surface area contributed by atoms with Crippen molar-refractivity contribution in [3.05, 3.63) is 23.9 Å². The second kappa shape index (κ2) is 7.80. The number of rotatable bonds is 4.